The van der Waals surface area contributed by atoms with Gasteiger partial charge >= 0.3 is 0 Å². The fourth-order valence-corrected chi connectivity index (χ4v) is 5.90. The van der Waals surface area contributed by atoms with Crippen molar-refractivity contribution in [3.63, 3.8) is 0 Å². The number of nitrogens with zero attached hydrogens (tertiary/aromatic N) is 2. The minimum absolute atomic E-state index is 0.366. The molecule has 5 rings (SSSR count). The van der Waals surface area contributed by atoms with Gasteiger partial charge in [-0.2, -0.15) is 11.8 Å². The molecule has 26 heavy (non-hydrogen) atoms. The molecule has 3 atom stereocenters. The molecule has 0 aliphatic carbocycles. The molecule has 0 aromatic heterocycles. The van der Waals surface area contributed by atoms with E-state index in [-0.39, 0.29) is 0 Å². The van der Waals surface area contributed by atoms with Crippen molar-refractivity contribution < 1.29 is 9.53 Å². The molecule has 4 aliphatic heterocycles. The van der Waals surface area contributed by atoms with E-state index >= 15 is 0 Å². The third-order valence-electron chi connectivity index (χ3n) is 6.52. The Balaban J connectivity index is 1.58. The van der Waals surface area contributed by atoms with Crippen LogP contribution in [0.5, 0.6) is 5.75 Å². The smallest absolute Gasteiger partial charge is 0.223 e. The van der Waals surface area contributed by atoms with E-state index in [9.17, 15) is 4.79 Å². The topological polar surface area (TPSA) is 32.8 Å². The molecule has 4 fully saturated rings. The van der Waals surface area contributed by atoms with Crippen LogP contribution in [-0.4, -0.2) is 66.0 Å². The molecule has 4 aliphatic rings. The first-order chi connectivity index (χ1) is 12.7. The zero-order valence-corrected chi connectivity index (χ0v) is 16.7. The summed E-state index contributed by atoms with van der Waals surface area (Å²) in [7, 11) is 1.71. The number of ether oxygens (including phenoxy) is 1. The lowest BCUT2D eigenvalue weighted by Crippen LogP contribution is -2.60. The lowest BCUT2D eigenvalue weighted by atomic mass is 9.75. The van der Waals surface area contributed by atoms with Gasteiger partial charge in [-0.05, 0) is 55.3 Å². The molecule has 0 radical (unpaired) electrons. The zero-order valence-electron chi connectivity index (χ0n) is 15.9. The Morgan fingerprint density at radius 2 is 1.92 bits per heavy atom. The Morgan fingerprint density at radius 3 is 2.58 bits per heavy atom. The van der Waals surface area contributed by atoms with E-state index < -0.39 is 0 Å². The fraction of sp³-hybridized carbons (Fsp3) is 0.667. The molecule has 0 spiro atoms. The minimum Gasteiger partial charge on any atom is -0.497 e. The predicted octanol–water partition coefficient (Wildman–Crippen LogP) is 3.23. The second-order valence-electron chi connectivity index (χ2n) is 7.73. The molecule has 1 aromatic rings. The number of carbonyl (C=O) groups excluding carboxylic acids is 1. The minimum atomic E-state index is 0.366. The SMILES string of the molecule is CCSCCC(=O)N1C[C@H](c2ccc(OC)cc2)[C@H]2[C@@H]1C1CCN2CC1. The van der Waals surface area contributed by atoms with Crippen LogP contribution < -0.4 is 4.74 Å². The number of fused-ring (bicyclic) bond motifs is 2. The van der Waals surface area contributed by atoms with Gasteiger partial charge in [-0.15, -0.1) is 0 Å². The van der Waals surface area contributed by atoms with Gasteiger partial charge in [-0.25, -0.2) is 0 Å². The van der Waals surface area contributed by atoms with Gasteiger partial charge < -0.3 is 9.64 Å². The van der Waals surface area contributed by atoms with Crippen LogP contribution in [0.25, 0.3) is 0 Å². The van der Waals surface area contributed by atoms with Crippen LogP contribution in [0.3, 0.4) is 0 Å². The van der Waals surface area contributed by atoms with Crippen molar-refractivity contribution in [3.05, 3.63) is 29.8 Å². The fourth-order valence-electron chi connectivity index (χ4n) is 5.30. The van der Waals surface area contributed by atoms with Crippen LogP contribution in [0.4, 0.5) is 0 Å². The number of carbonyl (C=O) groups is 1. The van der Waals surface area contributed by atoms with Crippen LogP contribution in [0.1, 0.15) is 37.7 Å². The van der Waals surface area contributed by atoms with Crippen LogP contribution in [0, 0.1) is 5.92 Å². The normalized spacial score (nSPS) is 32.5. The van der Waals surface area contributed by atoms with E-state index in [4.69, 9.17) is 4.74 Å². The highest BCUT2D eigenvalue weighted by atomic mass is 32.2. The summed E-state index contributed by atoms with van der Waals surface area (Å²) in [5.74, 6) is 4.42. The van der Waals surface area contributed by atoms with Gasteiger partial charge in [-0.3, -0.25) is 9.69 Å². The van der Waals surface area contributed by atoms with E-state index in [2.05, 4.69) is 41.0 Å². The van der Waals surface area contributed by atoms with Crippen molar-refractivity contribution in [3.8, 4) is 5.75 Å². The molecule has 1 amide bonds. The highest BCUT2D eigenvalue weighted by Gasteiger charge is 2.54. The van der Waals surface area contributed by atoms with E-state index in [0.717, 1.165) is 23.8 Å². The lowest BCUT2D eigenvalue weighted by Gasteiger charge is -2.51. The summed E-state index contributed by atoms with van der Waals surface area (Å²) in [5.41, 5.74) is 1.35. The Labute approximate surface area is 161 Å². The van der Waals surface area contributed by atoms with Gasteiger partial charge in [0.05, 0.1) is 13.2 Å². The van der Waals surface area contributed by atoms with E-state index in [0.29, 0.717) is 36.2 Å². The average molecular weight is 375 g/mol. The van der Waals surface area contributed by atoms with E-state index in [1.165, 1.54) is 31.5 Å². The Morgan fingerprint density at radius 1 is 1.19 bits per heavy atom. The standard InChI is InChI=1S/C21H30N2O2S/c1-3-26-13-10-19(24)23-14-18(15-4-6-17(25-2)7-5-15)21-20(23)16-8-11-22(21)12-9-16/h4-7,16,18,20-21H,3,8-14H2,1-2H3/t18-,20+,21+/m1/s1. The maximum atomic E-state index is 13.0. The van der Waals surface area contributed by atoms with Crippen LogP contribution >= 0.6 is 11.8 Å². The Hall–Kier alpha value is -1.20. The number of rotatable bonds is 6. The van der Waals surface area contributed by atoms with Gasteiger partial charge in [-0.1, -0.05) is 19.1 Å². The number of methoxy groups -OCH3 is 1. The van der Waals surface area contributed by atoms with Gasteiger partial charge in [0.15, 0.2) is 0 Å². The number of hydrogen-bond acceptors (Lipinski definition) is 4. The number of likely N-dealkylation sites (tertiary alicyclic amines) is 1. The molecule has 0 N–H and O–H groups in total. The predicted molar refractivity (Wildman–Crippen MR) is 107 cm³/mol. The second-order valence-corrected chi connectivity index (χ2v) is 9.12. The molecule has 0 saturated carbocycles. The van der Waals surface area contributed by atoms with Crippen LogP contribution in [0.15, 0.2) is 24.3 Å². The Kier molecular flexibility index (Phi) is 5.46. The highest BCUT2D eigenvalue weighted by Crippen LogP contribution is 2.46. The first-order valence-corrected chi connectivity index (χ1v) is 11.1. The molecule has 1 aromatic carbocycles. The molecular formula is C21H30N2O2S. The number of piperidine rings is 3. The third kappa shape index (κ3) is 3.24. The molecule has 4 saturated heterocycles. The zero-order chi connectivity index (χ0) is 18.1. The van der Waals surface area contributed by atoms with Crippen molar-refractivity contribution >= 4 is 17.7 Å². The molecule has 4 heterocycles. The van der Waals surface area contributed by atoms with Crippen LogP contribution in [0.2, 0.25) is 0 Å². The molecule has 142 valence electrons. The molecule has 2 bridgehead atoms. The van der Waals surface area contributed by atoms with Crippen molar-refractivity contribution in [2.24, 2.45) is 5.92 Å². The summed E-state index contributed by atoms with van der Waals surface area (Å²) in [6.45, 7) is 5.44. The quantitative estimate of drug-likeness (QED) is 0.716. The summed E-state index contributed by atoms with van der Waals surface area (Å²) in [4.78, 5) is 17.9. The summed E-state index contributed by atoms with van der Waals surface area (Å²) in [5, 5.41) is 0. The molecule has 0 unspecified atom stereocenters. The number of amides is 1. The third-order valence-corrected chi connectivity index (χ3v) is 7.42. The monoisotopic (exact) mass is 374 g/mol. The van der Waals surface area contributed by atoms with Gasteiger partial charge in [0.2, 0.25) is 5.91 Å². The van der Waals surface area contributed by atoms with Crippen LogP contribution in [-0.2, 0) is 4.79 Å². The summed E-state index contributed by atoms with van der Waals surface area (Å²) in [6.07, 6.45) is 3.19. The summed E-state index contributed by atoms with van der Waals surface area (Å²) < 4.78 is 5.32. The lowest BCUT2D eigenvalue weighted by molar-refractivity contribution is -0.135. The van der Waals surface area contributed by atoms with Crippen molar-refractivity contribution in [2.75, 3.05) is 38.2 Å². The maximum Gasteiger partial charge on any atom is 0.223 e. The van der Waals surface area contributed by atoms with Gasteiger partial charge in [0.1, 0.15) is 5.75 Å². The van der Waals surface area contributed by atoms with Crippen molar-refractivity contribution in [2.45, 2.75) is 44.2 Å². The van der Waals surface area contributed by atoms with E-state index in [1.54, 1.807) is 7.11 Å². The van der Waals surface area contributed by atoms with Gasteiger partial charge in [0, 0.05) is 30.7 Å². The summed E-state index contributed by atoms with van der Waals surface area (Å²) >= 11 is 1.87. The van der Waals surface area contributed by atoms with Gasteiger partial charge in [0.25, 0.3) is 0 Å². The average Bonchev–Trinajstić information content (AvgIpc) is 3.12. The number of hydrogen-bond donors (Lipinski definition) is 0. The first kappa shape index (κ1) is 18.2. The van der Waals surface area contributed by atoms with E-state index in [1.807, 2.05) is 11.8 Å². The Bertz CT molecular complexity index is 627. The molecule has 5 heteroatoms. The second kappa shape index (κ2) is 7.81. The first-order valence-electron chi connectivity index (χ1n) is 9.98. The molecular weight excluding hydrogens is 344 g/mol. The van der Waals surface area contributed by atoms with Crippen molar-refractivity contribution in [1.82, 2.24) is 9.80 Å². The number of thioether (sulfide) groups is 1. The highest BCUT2D eigenvalue weighted by molar-refractivity contribution is 7.99. The maximum absolute atomic E-state index is 13.0. The number of benzene rings is 1. The molecule has 4 nitrogen and oxygen atoms in total. The summed E-state index contributed by atoms with van der Waals surface area (Å²) in [6, 6.07) is 9.43. The largest absolute Gasteiger partial charge is 0.497 e. The van der Waals surface area contributed by atoms with Crippen molar-refractivity contribution in [1.29, 1.82) is 0 Å².